The highest BCUT2D eigenvalue weighted by Gasteiger charge is 2.49. The summed E-state index contributed by atoms with van der Waals surface area (Å²) in [5.41, 5.74) is 2.53. The molecule has 0 aromatic heterocycles. The maximum atomic E-state index is 6.29. The molecule has 2 heterocycles. The second-order valence-corrected chi connectivity index (χ2v) is 5.88. The number of methoxy groups -OCH3 is 1. The van der Waals surface area contributed by atoms with Crippen molar-refractivity contribution in [3.8, 4) is 11.5 Å². The van der Waals surface area contributed by atoms with Crippen LogP contribution < -0.4 is 9.47 Å². The van der Waals surface area contributed by atoms with E-state index in [4.69, 9.17) is 9.47 Å². The highest BCUT2D eigenvalue weighted by molar-refractivity contribution is 5.63. The van der Waals surface area contributed by atoms with Gasteiger partial charge in [-0.15, -0.1) is 0 Å². The van der Waals surface area contributed by atoms with Gasteiger partial charge in [-0.05, 0) is 30.7 Å². The van der Waals surface area contributed by atoms with Crippen molar-refractivity contribution in [1.29, 1.82) is 0 Å². The third kappa shape index (κ3) is 1.41. The normalized spacial score (nSPS) is 29.5. The van der Waals surface area contributed by atoms with Crippen LogP contribution in [0.4, 0.5) is 0 Å². The van der Waals surface area contributed by atoms with Crippen LogP contribution in [0.5, 0.6) is 11.5 Å². The minimum absolute atomic E-state index is 0.109. The van der Waals surface area contributed by atoms with Crippen molar-refractivity contribution in [3.05, 3.63) is 47.7 Å². The molecule has 0 unspecified atom stereocenters. The fraction of sp³-hybridized carbons (Fsp3) is 0.412. The first-order chi connectivity index (χ1) is 9.74. The van der Waals surface area contributed by atoms with Gasteiger partial charge in [0, 0.05) is 19.2 Å². The van der Waals surface area contributed by atoms with Crippen molar-refractivity contribution >= 4 is 0 Å². The Hall–Kier alpha value is -1.90. The predicted molar refractivity (Wildman–Crippen MR) is 78.1 cm³/mol. The minimum atomic E-state index is -0.109. The SMILES string of the molecule is COc1ccc2c3c1O[C@H]1CCC=C[C@@]31C=CN(C)C2. The summed E-state index contributed by atoms with van der Waals surface area (Å²) in [6, 6.07) is 4.21. The Bertz CT molecular complexity index is 620. The molecule has 3 aliphatic rings. The van der Waals surface area contributed by atoms with Gasteiger partial charge in [-0.3, -0.25) is 0 Å². The average Bonchev–Trinajstić information content (AvgIpc) is 2.74. The molecule has 2 atom stereocenters. The van der Waals surface area contributed by atoms with Crippen LogP contribution in [0.1, 0.15) is 24.0 Å². The van der Waals surface area contributed by atoms with E-state index < -0.39 is 0 Å². The zero-order valence-corrected chi connectivity index (χ0v) is 11.9. The third-order valence-electron chi connectivity index (χ3n) is 4.67. The van der Waals surface area contributed by atoms with Gasteiger partial charge in [0.2, 0.25) is 0 Å². The molecule has 0 radical (unpaired) electrons. The molecule has 0 bridgehead atoms. The van der Waals surface area contributed by atoms with Crippen LogP contribution in [0.25, 0.3) is 0 Å². The van der Waals surface area contributed by atoms with Gasteiger partial charge in [0.15, 0.2) is 11.5 Å². The maximum Gasteiger partial charge on any atom is 0.166 e. The Morgan fingerprint density at radius 2 is 2.25 bits per heavy atom. The molecule has 1 spiro atoms. The number of hydrogen-bond donors (Lipinski definition) is 0. The van der Waals surface area contributed by atoms with Gasteiger partial charge in [0.25, 0.3) is 0 Å². The summed E-state index contributed by atoms with van der Waals surface area (Å²) in [7, 11) is 3.83. The maximum absolute atomic E-state index is 6.29. The van der Waals surface area contributed by atoms with E-state index in [9.17, 15) is 0 Å². The van der Waals surface area contributed by atoms with Gasteiger partial charge in [-0.1, -0.05) is 24.3 Å². The first-order valence-electron chi connectivity index (χ1n) is 7.19. The van der Waals surface area contributed by atoms with Crippen LogP contribution >= 0.6 is 0 Å². The number of benzene rings is 1. The molecule has 0 fully saturated rings. The van der Waals surface area contributed by atoms with Crippen molar-refractivity contribution in [1.82, 2.24) is 4.90 Å². The number of allylic oxidation sites excluding steroid dienone is 1. The average molecular weight is 269 g/mol. The number of nitrogens with zero attached hydrogens (tertiary/aromatic N) is 1. The van der Waals surface area contributed by atoms with E-state index in [2.05, 4.69) is 42.4 Å². The largest absolute Gasteiger partial charge is 0.493 e. The second kappa shape index (κ2) is 4.05. The molecule has 104 valence electrons. The Kier molecular flexibility index (Phi) is 2.40. The summed E-state index contributed by atoms with van der Waals surface area (Å²) < 4.78 is 11.8. The van der Waals surface area contributed by atoms with E-state index in [-0.39, 0.29) is 11.5 Å². The van der Waals surface area contributed by atoms with Crippen LogP contribution in [0, 0.1) is 0 Å². The quantitative estimate of drug-likeness (QED) is 0.732. The summed E-state index contributed by atoms with van der Waals surface area (Å²) in [5.74, 6) is 1.80. The Balaban J connectivity index is 2.02. The molecule has 1 aromatic carbocycles. The van der Waals surface area contributed by atoms with Crippen LogP contribution in [0.15, 0.2) is 36.6 Å². The molecule has 0 N–H and O–H groups in total. The summed E-state index contributed by atoms with van der Waals surface area (Å²) in [5, 5.41) is 0. The van der Waals surface area contributed by atoms with E-state index >= 15 is 0 Å². The number of hydrogen-bond acceptors (Lipinski definition) is 3. The molecule has 0 saturated carbocycles. The van der Waals surface area contributed by atoms with E-state index in [1.165, 1.54) is 11.1 Å². The van der Waals surface area contributed by atoms with Crippen LogP contribution in [0.2, 0.25) is 0 Å². The van der Waals surface area contributed by atoms with E-state index in [1.54, 1.807) is 7.11 Å². The zero-order valence-electron chi connectivity index (χ0n) is 11.9. The van der Waals surface area contributed by atoms with Gasteiger partial charge in [0.05, 0.1) is 12.5 Å². The summed E-state index contributed by atoms with van der Waals surface area (Å²) >= 11 is 0. The van der Waals surface area contributed by atoms with Crippen LogP contribution in [-0.4, -0.2) is 25.2 Å². The molecular weight excluding hydrogens is 250 g/mol. The number of ether oxygens (including phenoxy) is 2. The third-order valence-corrected chi connectivity index (χ3v) is 4.67. The molecule has 2 aliphatic heterocycles. The lowest BCUT2D eigenvalue weighted by molar-refractivity contribution is 0.172. The smallest absolute Gasteiger partial charge is 0.166 e. The first kappa shape index (κ1) is 11.9. The Morgan fingerprint density at radius 1 is 1.35 bits per heavy atom. The molecule has 3 nitrogen and oxygen atoms in total. The Morgan fingerprint density at radius 3 is 3.10 bits per heavy atom. The molecule has 1 aromatic rings. The molecule has 1 aliphatic carbocycles. The van der Waals surface area contributed by atoms with Gasteiger partial charge in [-0.2, -0.15) is 0 Å². The lowest BCUT2D eigenvalue weighted by Gasteiger charge is -2.31. The first-order valence-corrected chi connectivity index (χ1v) is 7.19. The van der Waals surface area contributed by atoms with E-state index in [1.807, 2.05) is 6.07 Å². The van der Waals surface area contributed by atoms with Gasteiger partial charge >= 0.3 is 0 Å². The lowest BCUT2D eigenvalue weighted by Crippen LogP contribution is -2.36. The Labute approximate surface area is 119 Å². The predicted octanol–water partition coefficient (Wildman–Crippen LogP) is 3.00. The molecule has 4 rings (SSSR count). The number of rotatable bonds is 1. The van der Waals surface area contributed by atoms with Gasteiger partial charge < -0.3 is 14.4 Å². The molecule has 3 heteroatoms. The fourth-order valence-electron chi connectivity index (χ4n) is 3.72. The van der Waals surface area contributed by atoms with Crippen molar-refractivity contribution < 1.29 is 9.47 Å². The fourth-order valence-corrected chi connectivity index (χ4v) is 3.72. The minimum Gasteiger partial charge on any atom is -0.493 e. The van der Waals surface area contributed by atoms with Crippen LogP contribution in [0.3, 0.4) is 0 Å². The molecule has 0 amide bonds. The standard InChI is InChI=1S/C17H19NO2/c1-18-10-9-17-8-4-3-5-14(17)20-16-13(19-2)7-6-12(11-18)15(16)17/h4,6-10,14H,3,5,11H2,1-2H3/t14-,17-/m0/s1. The van der Waals surface area contributed by atoms with Crippen molar-refractivity contribution in [2.75, 3.05) is 14.2 Å². The zero-order chi connectivity index (χ0) is 13.7. The lowest BCUT2D eigenvalue weighted by atomic mass is 9.71. The van der Waals surface area contributed by atoms with E-state index in [0.29, 0.717) is 0 Å². The second-order valence-electron chi connectivity index (χ2n) is 5.88. The van der Waals surface area contributed by atoms with Crippen molar-refractivity contribution in [2.24, 2.45) is 0 Å². The summed E-state index contributed by atoms with van der Waals surface area (Å²) in [6.07, 6.45) is 11.4. The molecule has 0 saturated heterocycles. The van der Waals surface area contributed by atoms with Gasteiger partial charge in [0.1, 0.15) is 6.10 Å². The van der Waals surface area contributed by atoms with E-state index in [0.717, 1.165) is 30.9 Å². The highest BCUT2D eigenvalue weighted by Crippen LogP contribution is 2.54. The monoisotopic (exact) mass is 269 g/mol. The summed E-state index contributed by atoms with van der Waals surface area (Å²) in [4.78, 5) is 2.23. The van der Waals surface area contributed by atoms with Gasteiger partial charge in [-0.25, -0.2) is 0 Å². The van der Waals surface area contributed by atoms with Crippen molar-refractivity contribution in [3.63, 3.8) is 0 Å². The highest BCUT2D eigenvalue weighted by atomic mass is 16.5. The van der Waals surface area contributed by atoms with Crippen LogP contribution in [-0.2, 0) is 12.0 Å². The summed E-state index contributed by atoms with van der Waals surface area (Å²) in [6.45, 7) is 0.911. The topological polar surface area (TPSA) is 21.7 Å². The molecule has 20 heavy (non-hydrogen) atoms. The van der Waals surface area contributed by atoms with Crippen molar-refractivity contribution in [2.45, 2.75) is 30.9 Å². The molecular formula is C17H19NO2.